The fraction of sp³-hybridized carbons (Fsp3) is 0.533. The number of benzene rings is 1. The largest absolute Gasteiger partial charge is 0.341 e. The number of sulfone groups is 1. The first-order chi connectivity index (χ1) is 11.3. The Kier molecular flexibility index (Phi) is 6.25. The number of carbonyl (C=O) groups is 1. The third-order valence-electron chi connectivity index (χ3n) is 3.98. The summed E-state index contributed by atoms with van der Waals surface area (Å²) in [5.74, 6) is -3.96. The smallest absolute Gasteiger partial charge is 0.324 e. The van der Waals surface area contributed by atoms with Gasteiger partial charge in [0, 0.05) is 12.6 Å². The summed E-state index contributed by atoms with van der Waals surface area (Å²) in [6.45, 7) is 1.56. The molecular formula is C15H21F2N3O3S. The van der Waals surface area contributed by atoms with Gasteiger partial charge in [0.05, 0.1) is 17.1 Å². The summed E-state index contributed by atoms with van der Waals surface area (Å²) in [4.78, 5) is 13.5. The number of hydrogen-bond acceptors (Lipinski definition) is 5. The molecule has 2 rings (SSSR count). The van der Waals surface area contributed by atoms with E-state index in [1.807, 2.05) is 11.9 Å². The predicted molar refractivity (Wildman–Crippen MR) is 86.8 cm³/mol. The number of rotatable bonds is 6. The number of anilines is 1. The minimum absolute atomic E-state index is 0.0846. The van der Waals surface area contributed by atoms with Crippen molar-refractivity contribution < 1.29 is 22.0 Å². The molecule has 0 aromatic heterocycles. The third-order valence-corrected chi connectivity index (χ3v) is 5.42. The lowest BCUT2D eigenvalue weighted by Crippen LogP contribution is -2.46. The van der Waals surface area contributed by atoms with Crippen molar-refractivity contribution in [2.75, 3.05) is 32.0 Å². The Morgan fingerprint density at radius 2 is 2.08 bits per heavy atom. The first kappa shape index (κ1) is 18.8. The molecule has 0 bridgehead atoms. The maximum atomic E-state index is 12.8. The molecule has 0 saturated carbocycles. The van der Waals surface area contributed by atoms with Crippen molar-refractivity contribution in [3.8, 4) is 0 Å². The van der Waals surface area contributed by atoms with Gasteiger partial charge in [0.15, 0.2) is 0 Å². The van der Waals surface area contributed by atoms with Crippen molar-refractivity contribution in [3.05, 3.63) is 24.3 Å². The highest BCUT2D eigenvalue weighted by atomic mass is 32.2. The fourth-order valence-electron chi connectivity index (χ4n) is 2.74. The zero-order chi connectivity index (χ0) is 17.7. The molecule has 24 heavy (non-hydrogen) atoms. The van der Waals surface area contributed by atoms with Gasteiger partial charge < -0.3 is 10.6 Å². The molecule has 9 heteroatoms. The average Bonchev–Trinajstić information content (AvgIpc) is 2.55. The van der Waals surface area contributed by atoms with Crippen LogP contribution in [0.4, 0.5) is 14.5 Å². The van der Waals surface area contributed by atoms with E-state index in [9.17, 15) is 22.0 Å². The molecule has 0 radical (unpaired) electrons. The molecule has 134 valence electrons. The number of halogens is 2. The third kappa shape index (κ3) is 4.49. The van der Waals surface area contributed by atoms with E-state index in [0.717, 1.165) is 25.5 Å². The second-order valence-corrected chi connectivity index (χ2v) is 7.60. The van der Waals surface area contributed by atoms with Gasteiger partial charge in [-0.15, -0.1) is 0 Å². The number of alkyl halides is 2. The second-order valence-electron chi connectivity index (χ2n) is 5.71. The van der Waals surface area contributed by atoms with Crippen LogP contribution in [-0.4, -0.2) is 57.7 Å². The van der Waals surface area contributed by atoms with Crippen LogP contribution in [0.15, 0.2) is 29.2 Å². The van der Waals surface area contributed by atoms with Crippen molar-refractivity contribution >= 4 is 21.4 Å². The number of nitrogens with zero attached hydrogens (tertiary/aromatic N) is 1. The highest BCUT2D eigenvalue weighted by Gasteiger charge is 2.29. The molecule has 1 amide bonds. The van der Waals surface area contributed by atoms with Gasteiger partial charge in [-0.25, -0.2) is 8.42 Å². The van der Waals surface area contributed by atoms with E-state index in [1.54, 1.807) is 0 Å². The summed E-state index contributed by atoms with van der Waals surface area (Å²) in [5.41, 5.74) is -0.120. The van der Waals surface area contributed by atoms with Crippen molar-refractivity contribution in [3.63, 3.8) is 0 Å². The SMILES string of the molecule is CNC1CCCN(CC(=O)Nc2ccccc2S(=O)(=O)C(F)F)C1. The molecule has 6 nitrogen and oxygen atoms in total. The van der Waals surface area contributed by atoms with E-state index in [1.165, 1.54) is 18.2 Å². The van der Waals surface area contributed by atoms with Gasteiger partial charge in [-0.2, -0.15) is 8.78 Å². The molecule has 1 heterocycles. The molecule has 0 aliphatic carbocycles. The van der Waals surface area contributed by atoms with Gasteiger partial charge in [-0.3, -0.25) is 9.69 Å². The fourth-order valence-corrected chi connectivity index (χ4v) is 3.63. The van der Waals surface area contributed by atoms with Crippen molar-refractivity contribution in [1.82, 2.24) is 10.2 Å². The Balaban J connectivity index is 2.07. The second kappa shape index (κ2) is 8.00. The van der Waals surface area contributed by atoms with E-state index in [4.69, 9.17) is 0 Å². The van der Waals surface area contributed by atoms with Gasteiger partial charge in [0.1, 0.15) is 0 Å². The van der Waals surface area contributed by atoms with Crippen LogP contribution in [-0.2, 0) is 14.6 Å². The minimum atomic E-state index is -4.77. The van der Waals surface area contributed by atoms with Crippen molar-refractivity contribution in [2.45, 2.75) is 29.5 Å². The summed E-state index contributed by atoms with van der Waals surface area (Å²) >= 11 is 0. The Bertz CT molecular complexity index is 682. The number of hydrogen-bond donors (Lipinski definition) is 2. The minimum Gasteiger partial charge on any atom is -0.324 e. The monoisotopic (exact) mass is 361 g/mol. The molecule has 1 aliphatic rings. The van der Waals surface area contributed by atoms with Gasteiger partial charge >= 0.3 is 5.76 Å². The Morgan fingerprint density at radius 1 is 1.38 bits per heavy atom. The van der Waals surface area contributed by atoms with Gasteiger partial charge in [0.2, 0.25) is 15.7 Å². The van der Waals surface area contributed by atoms with Crippen LogP contribution in [0.5, 0.6) is 0 Å². The van der Waals surface area contributed by atoms with Crippen molar-refractivity contribution in [1.29, 1.82) is 0 Å². The number of piperidine rings is 1. The summed E-state index contributed by atoms with van der Waals surface area (Å²) in [7, 11) is -2.91. The lowest BCUT2D eigenvalue weighted by atomic mass is 10.1. The van der Waals surface area contributed by atoms with Gasteiger partial charge in [0.25, 0.3) is 0 Å². The lowest BCUT2D eigenvalue weighted by Gasteiger charge is -2.31. The molecule has 1 fully saturated rings. The van der Waals surface area contributed by atoms with E-state index >= 15 is 0 Å². The molecule has 1 aromatic rings. The van der Waals surface area contributed by atoms with Crippen LogP contribution < -0.4 is 10.6 Å². The van der Waals surface area contributed by atoms with E-state index in [-0.39, 0.29) is 12.2 Å². The molecule has 1 aromatic carbocycles. The first-order valence-electron chi connectivity index (χ1n) is 7.65. The molecule has 1 saturated heterocycles. The number of carbonyl (C=O) groups excluding carboxylic acids is 1. The highest BCUT2D eigenvalue weighted by molar-refractivity contribution is 7.91. The van der Waals surface area contributed by atoms with Crippen LogP contribution in [0, 0.1) is 0 Å². The maximum Gasteiger partial charge on any atom is 0.341 e. The lowest BCUT2D eigenvalue weighted by molar-refractivity contribution is -0.117. The van der Waals surface area contributed by atoms with Crippen LogP contribution >= 0.6 is 0 Å². The number of amides is 1. The topological polar surface area (TPSA) is 78.5 Å². The van der Waals surface area contributed by atoms with Crippen molar-refractivity contribution in [2.24, 2.45) is 0 Å². The summed E-state index contributed by atoms with van der Waals surface area (Å²) < 4.78 is 48.9. The van der Waals surface area contributed by atoms with Crippen LogP contribution in [0.2, 0.25) is 0 Å². The molecular weight excluding hydrogens is 340 g/mol. The van der Waals surface area contributed by atoms with E-state index in [0.29, 0.717) is 12.6 Å². The zero-order valence-corrected chi connectivity index (χ0v) is 14.2. The molecule has 1 aliphatic heterocycles. The summed E-state index contributed by atoms with van der Waals surface area (Å²) in [6, 6.07) is 5.50. The quantitative estimate of drug-likeness (QED) is 0.799. The Hall–Kier alpha value is -1.58. The standard InChI is InChI=1S/C15H21F2N3O3S/c1-18-11-5-4-8-20(9-11)10-14(21)19-12-6-2-3-7-13(12)24(22,23)15(16)17/h2-3,6-7,11,15,18H,4-5,8-10H2,1H3,(H,19,21). The average molecular weight is 361 g/mol. The number of likely N-dealkylation sites (tertiary alicyclic amines) is 1. The summed E-state index contributed by atoms with van der Waals surface area (Å²) in [6.07, 6.45) is 1.99. The predicted octanol–water partition coefficient (Wildman–Crippen LogP) is 1.31. The number of para-hydroxylation sites is 1. The Morgan fingerprint density at radius 3 is 2.75 bits per heavy atom. The molecule has 1 unspecified atom stereocenters. The zero-order valence-electron chi connectivity index (χ0n) is 13.3. The molecule has 0 spiro atoms. The Labute approximate surface area is 140 Å². The van der Waals surface area contributed by atoms with Gasteiger partial charge in [-0.05, 0) is 38.6 Å². The van der Waals surface area contributed by atoms with Crippen LogP contribution in [0.25, 0.3) is 0 Å². The van der Waals surface area contributed by atoms with Crippen LogP contribution in [0.3, 0.4) is 0 Å². The molecule has 2 N–H and O–H groups in total. The highest BCUT2D eigenvalue weighted by Crippen LogP contribution is 2.26. The maximum absolute atomic E-state index is 12.8. The normalized spacial score (nSPS) is 19.4. The van der Waals surface area contributed by atoms with Crippen LogP contribution in [0.1, 0.15) is 12.8 Å². The van der Waals surface area contributed by atoms with E-state index in [2.05, 4.69) is 10.6 Å². The number of nitrogens with one attached hydrogen (secondary N) is 2. The van der Waals surface area contributed by atoms with Gasteiger partial charge in [-0.1, -0.05) is 12.1 Å². The first-order valence-corrected chi connectivity index (χ1v) is 9.19. The molecule has 1 atom stereocenters. The summed E-state index contributed by atoms with van der Waals surface area (Å²) in [5, 5.41) is 5.60. The van der Waals surface area contributed by atoms with E-state index < -0.39 is 26.4 Å². The number of likely N-dealkylation sites (N-methyl/N-ethyl adjacent to an activating group) is 1.